The van der Waals surface area contributed by atoms with Crippen LogP contribution in [0.15, 0.2) is 35.8 Å². The van der Waals surface area contributed by atoms with Gasteiger partial charge in [-0.3, -0.25) is 0 Å². The number of nitrogens with one attached hydrogen (secondary N) is 1. The standard InChI is InChI=1S/C12H12N2S2/c1-2-4-10-9(3-1)7-15-8-11(10)14-12-13-5-6-16-12/h1-6,11H,7-8H2,(H,13,14). The topological polar surface area (TPSA) is 24.9 Å². The van der Waals surface area contributed by atoms with E-state index in [9.17, 15) is 0 Å². The van der Waals surface area contributed by atoms with E-state index in [2.05, 4.69) is 34.6 Å². The van der Waals surface area contributed by atoms with Crippen LogP contribution in [0.2, 0.25) is 0 Å². The Balaban J connectivity index is 1.87. The van der Waals surface area contributed by atoms with Gasteiger partial charge in [0, 0.05) is 23.1 Å². The number of hydrogen-bond acceptors (Lipinski definition) is 4. The van der Waals surface area contributed by atoms with Gasteiger partial charge in [-0.15, -0.1) is 11.3 Å². The van der Waals surface area contributed by atoms with Crippen molar-refractivity contribution in [1.29, 1.82) is 0 Å². The van der Waals surface area contributed by atoms with Gasteiger partial charge in [-0.05, 0) is 11.1 Å². The molecule has 0 fully saturated rings. The summed E-state index contributed by atoms with van der Waals surface area (Å²) in [5.74, 6) is 2.25. The molecule has 82 valence electrons. The average Bonchev–Trinajstić information content (AvgIpc) is 2.82. The first-order valence-corrected chi connectivity index (χ1v) is 7.28. The van der Waals surface area contributed by atoms with Gasteiger partial charge < -0.3 is 5.32 Å². The Morgan fingerprint density at radius 1 is 1.31 bits per heavy atom. The van der Waals surface area contributed by atoms with E-state index < -0.39 is 0 Å². The second kappa shape index (κ2) is 4.47. The van der Waals surface area contributed by atoms with Crippen molar-refractivity contribution in [1.82, 2.24) is 4.98 Å². The summed E-state index contributed by atoms with van der Waals surface area (Å²) in [5, 5.41) is 6.52. The molecular weight excluding hydrogens is 236 g/mol. The second-order valence-electron chi connectivity index (χ2n) is 3.75. The Morgan fingerprint density at radius 2 is 2.25 bits per heavy atom. The summed E-state index contributed by atoms with van der Waals surface area (Å²) in [5.41, 5.74) is 2.88. The molecule has 2 aromatic rings. The molecule has 1 aromatic heterocycles. The molecule has 1 aromatic carbocycles. The number of aromatic nitrogens is 1. The smallest absolute Gasteiger partial charge is 0.183 e. The van der Waals surface area contributed by atoms with Gasteiger partial charge in [0.05, 0.1) is 6.04 Å². The van der Waals surface area contributed by atoms with E-state index in [0.717, 1.165) is 16.6 Å². The van der Waals surface area contributed by atoms with E-state index in [4.69, 9.17) is 0 Å². The third-order valence-electron chi connectivity index (χ3n) is 2.70. The maximum absolute atomic E-state index is 4.28. The minimum Gasteiger partial charge on any atom is -0.354 e. The molecule has 2 heterocycles. The van der Waals surface area contributed by atoms with Crippen molar-refractivity contribution in [2.45, 2.75) is 11.8 Å². The van der Waals surface area contributed by atoms with Crippen LogP contribution in [0.4, 0.5) is 5.13 Å². The van der Waals surface area contributed by atoms with Gasteiger partial charge in [0.15, 0.2) is 5.13 Å². The van der Waals surface area contributed by atoms with E-state index in [1.165, 1.54) is 11.1 Å². The summed E-state index contributed by atoms with van der Waals surface area (Å²) in [7, 11) is 0. The van der Waals surface area contributed by atoms with E-state index in [-0.39, 0.29) is 0 Å². The van der Waals surface area contributed by atoms with Crippen LogP contribution in [0.5, 0.6) is 0 Å². The van der Waals surface area contributed by atoms with Crippen LogP contribution >= 0.6 is 23.1 Å². The lowest BCUT2D eigenvalue weighted by atomic mass is 10.0. The zero-order valence-electron chi connectivity index (χ0n) is 8.72. The summed E-state index contributed by atoms with van der Waals surface area (Å²) in [6, 6.07) is 9.08. The maximum atomic E-state index is 4.28. The fourth-order valence-corrected chi connectivity index (χ4v) is 3.63. The molecule has 0 radical (unpaired) electrons. The molecular formula is C12H12N2S2. The Bertz CT molecular complexity index is 468. The van der Waals surface area contributed by atoms with Crippen molar-refractivity contribution in [2.24, 2.45) is 0 Å². The predicted molar refractivity (Wildman–Crippen MR) is 71.1 cm³/mol. The quantitative estimate of drug-likeness (QED) is 0.880. The number of fused-ring (bicyclic) bond motifs is 1. The molecule has 4 heteroatoms. The molecule has 0 spiro atoms. The molecule has 1 aliphatic rings. The Kier molecular flexibility index (Phi) is 2.84. The highest BCUT2D eigenvalue weighted by atomic mass is 32.2. The van der Waals surface area contributed by atoms with Gasteiger partial charge in [0.2, 0.25) is 0 Å². The SMILES string of the molecule is c1ccc2c(c1)CSCC2Nc1nccs1. The molecule has 0 amide bonds. The summed E-state index contributed by atoms with van der Waals surface area (Å²) in [6.45, 7) is 0. The van der Waals surface area contributed by atoms with Crippen LogP contribution < -0.4 is 5.32 Å². The summed E-state index contributed by atoms with van der Waals surface area (Å²) in [6.07, 6.45) is 1.84. The number of anilines is 1. The number of rotatable bonds is 2. The lowest BCUT2D eigenvalue weighted by molar-refractivity contribution is 0.868. The Hall–Kier alpha value is -1.00. The lowest BCUT2D eigenvalue weighted by Crippen LogP contribution is -2.18. The highest BCUT2D eigenvalue weighted by Gasteiger charge is 2.20. The summed E-state index contributed by atoms with van der Waals surface area (Å²) < 4.78 is 0. The molecule has 0 saturated carbocycles. The van der Waals surface area contributed by atoms with E-state index >= 15 is 0 Å². The molecule has 1 unspecified atom stereocenters. The second-order valence-corrected chi connectivity index (χ2v) is 5.67. The fourth-order valence-electron chi connectivity index (χ4n) is 1.95. The first-order chi connectivity index (χ1) is 7.93. The molecule has 1 aliphatic heterocycles. The number of benzene rings is 1. The number of hydrogen-bond donors (Lipinski definition) is 1. The minimum absolute atomic E-state index is 0.404. The highest BCUT2D eigenvalue weighted by Crippen LogP contribution is 2.33. The molecule has 0 saturated heterocycles. The monoisotopic (exact) mass is 248 g/mol. The van der Waals surface area contributed by atoms with E-state index in [0.29, 0.717) is 6.04 Å². The molecule has 2 nitrogen and oxygen atoms in total. The van der Waals surface area contributed by atoms with Crippen LogP contribution in [-0.2, 0) is 5.75 Å². The average molecular weight is 248 g/mol. The third kappa shape index (κ3) is 1.95. The summed E-state index contributed by atoms with van der Waals surface area (Å²) >= 11 is 3.64. The van der Waals surface area contributed by atoms with Crippen LogP contribution in [0.3, 0.4) is 0 Å². The third-order valence-corrected chi connectivity index (χ3v) is 4.49. The zero-order chi connectivity index (χ0) is 10.8. The molecule has 1 atom stereocenters. The normalized spacial score (nSPS) is 19.1. The Morgan fingerprint density at radius 3 is 3.12 bits per heavy atom. The molecule has 1 N–H and O–H groups in total. The van der Waals surface area contributed by atoms with Crippen molar-refractivity contribution >= 4 is 28.2 Å². The maximum Gasteiger partial charge on any atom is 0.183 e. The Labute approximate surface area is 103 Å². The van der Waals surface area contributed by atoms with Crippen molar-refractivity contribution in [3.8, 4) is 0 Å². The van der Waals surface area contributed by atoms with Gasteiger partial charge in [-0.1, -0.05) is 24.3 Å². The van der Waals surface area contributed by atoms with E-state index in [1.54, 1.807) is 11.3 Å². The summed E-state index contributed by atoms with van der Waals surface area (Å²) in [4.78, 5) is 4.28. The lowest BCUT2D eigenvalue weighted by Gasteiger charge is -2.25. The largest absolute Gasteiger partial charge is 0.354 e. The molecule has 3 rings (SSSR count). The first-order valence-electron chi connectivity index (χ1n) is 5.25. The van der Waals surface area contributed by atoms with Crippen LogP contribution in [0.25, 0.3) is 0 Å². The van der Waals surface area contributed by atoms with Gasteiger partial charge in [0.25, 0.3) is 0 Å². The van der Waals surface area contributed by atoms with Gasteiger partial charge in [-0.25, -0.2) is 4.98 Å². The number of thioether (sulfide) groups is 1. The predicted octanol–water partition coefficient (Wildman–Crippen LogP) is 3.54. The molecule has 0 aliphatic carbocycles. The van der Waals surface area contributed by atoms with Crippen molar-refractivity contribution < 1.29 is 0 Å². The molecule has 16 heavy (non-hydrogen) atoms. The zero-order valence-corrected chi connectivity index (χ0v) is 10.4. The first kappa shape index (κ1) is 10.2. The van der Waals surface area contributed by atoms with Gasteiger partial charge in [-0.2, -0.15) is 11.8 Å². The van der Waals surface area contributed by atoms with Crippen molar-refractivity contribution in [2.75, 3.05) is 11.1 Å². The van der Waals surface area contributed by atoms with Gasteiger partial charge in [0.1, 0.15) is 0 Å². The van der Waals surface area contributed by atoms with Crippen LogP contribution in [0, 0.1) is 0 Å². The number of thiazole rings is 1. The minimum atomic E-state index is 0.404. The fraction of sp³-hybridized carbons (Fsp3) is 0.250. The van der Waals surface area contributed by atoms with Crippen molar-refractivity contribution in [3.63, 3.8) is 0 Å². The van der Waals surface area contributed by atoms with Crippen molar-refractivity contribution in [3.05, 3.63) is 47.0 Å². The van der Waals surface area contributed by atoms with Crippen LogP contribution in [-0.4, -0.2) is 10.7 Å². The highest BCUT2D eigenvalue weighted by molar-refractivity contribution is 7.98. The molecule has 0 bridgehead atoms. The van der Waals surface area contributed by atoms with Crippen LogP contribution in [0.1, 0.15) is 17.2 Å². The van der Waals surface area contributed by atoms with E-state index in [1.807, 2.05) is 23.3 Å². The number of nitrogens with zero attached hydrogens (tertiary/aromatic N) is 1. The van der Waals surface area contributed by atoms with Gasteiger partial charge >= 0.3 is 0 Å².